The number of aromatic nitrogens is 2. The summed E-state index contributed by atoms with van der Waals surface area (Å²) in [5.41, 5.74) is 1.20. The molecule has 1 fully saturated rings. The average Bonchev–Trinajstić information content (AvgIpc) is 3.17. The van der Waals surface area contributed by atoms with Crippen LogP contribution in [-0.2, 0) is 5.41 Å². The number of para-hydroxylation sites is 1. The first-order valence-corrected chi connectivity index (χ1v) is 8.28. The third-order valence-corrected chi connectivity index (χ3v) is 4.32. The third-order valence-electron chi connectivity index (χ3n) is 4.32. The van der Waals surface area contributed by atoms with Crippen molar-refractivity contribution in [2.24, 2.45) is 5.92 Å². The van der Waals surface area contributed by atoms with Gasteiger partial charge in [-0.3, -0.25) is 0 Å². The molecule has 1 saturated heterocycles. The van der Waals surface area contributed by atoms with Gasteiger partial charge in [-0.15, -0.1) is 5.10 Å². The summed E-state index contributed by atoms with van der Waals surface area (Å²) in [5.74, 6) is 1.31. The summed E-state index contributed by atoms with van der Waals surface area (Å²) in [7, 11) is 2.03. The molecule has 1 atom stereocenters. The molecule has 1 aliphatic heterocycles. The van der Waals surface area contributed by atoms with E-state index in [-0.39, 0.29) is 5.41 Å². The van der Waals surface area contributed by atoms with Gasteiger partial charge in [0.05, 0.1) is 0 Å². The zero-order valence-electron chi connectivity index (χ0n) is 14.5. The summed E-state index contributed by atoms with van der Waals surface area (Å²) < 4.78 is 5.82. The van der Waals surface area contributed by atoms with E-state index in [0.29, 0.717) is 17.8 Å². The first kappa shape index (κ1) is 15.8. The minimum atomic E-state index is -0.108. The number of rotatable bonds is 4. The molecule has 1 aromatic heterocycles. The topological polar surface area (TPSA) is 45.4 Å². The maximum Gasteiger partial charge on any atom is 0.317 e. The summed E-state index contributed by atoms with van der Waals surface area (Å²) in [6, 6.07) is 11.2. The number of hydrogen-bond acceptors (Lipinski definition) is 5. The van der Waals surface area contributed by atoms with E-state index in [9.17, 15) is 0 Å². The lowest BCUT2D eigenvalue weighted by molar-refractivity contribution is 0.390. The van der Waals surface area contributed by atoms with Gasteiger partial charge in [0.1, 0.15) is 0 Å². The first-order valence-electron chi connectivity index (χ1n) is 8.28. The summed E-state index contributed by atoms with van der Waals surface area (Å²) in [6.45, 7) is 9.38. The van der Waals surface area contributed by atoms with E-state index in [0.717, 1.165) is 19.6 Å². The summed E-state index contributed by atoms with van der Waals surface area (Å²) >= 11 is 0. The Kier molecular flexibility index (Phi) is 4.28. The van der Waals surface area contributed by atoms with Crippen molar-refractivity contribution >= 4 is 11.7 Å². The van der Waals surface area contributed by atoms with Crippen LogP contribution in [0.15, 0.2) is 34.7 Å². The van der Waals surface area contributed by atoms with E-state index in [1.54, 1.807) is 0 Å². The molecule has 5 nitrogen and oxygen atoms in total. The molecule has 23 heavy (non-hydrogen) atoms. The molecule has 5 heteroatoms. The van der Waals surface area contributed by atoms with E-state index >= 15 is 0 Å². The van der Waals surface area contributed by atoms with Crippen LogP contribution in [0.25, 0.3) is 0 Å². The summed E-state index contributed by atoms with van der Waals surface area (Å²) in [6.07, 6.45) is 1.19. The normalized spacial score (nSPS) is 18.4. The molecule has 124 valence electrons. The van der Waals surface area contributed by atoms with Crippen LogP contribution in [0, 0.1) is 5.92 Å². The van der Waals surface area contributed by atoms with Crippen LogP contribution in [0.4, 0.5) is 11.7 Å². The molecular formula is C18H26N4O. The second-order valence-corrected chi connectivity index (χ2v) is 7.46. The first-order chi connectivity index (χ1) is 10.9. The van der Waals surface area contributed by atoms with E-state index in [1.165, 1.54) is 12.1 Å². The minimum absolute atomic E-state index is 0.108. The van der Waals surface area contributed by atoms with Gasteiger partial charge in [0, 0.05) is 37.8 Å². The Morgan fingerprint density at radius 1 is 1.22 bits per heavy atom. The molecular weight excluding hydrogens is 288 g/mol. The van der Waals surface area contributed by atoms with E-state index in [4.69, 9.17) is 4.42 Å². The Hall–Kier alpha value is -2.04. The van der Waals surface area contributed by atoms with Crippen molar-refractivity contribution in [3.05, 3.63) is 36.2 Å². The van der Waals surface area contributed by atoms with E-state index < -0.39 is 0 Å². The smallest absolute Gasteiger partial charge is 0.317 e. The average molecular weight is 314 g/mol. The van der Waals surface area contributed by atoms with E-state index in [1.807, 2.05) is 7.05 Å². The largest absolute Gasteiger partial charge is 0.407 e. The third kappa shape index (κ3) is 3.66. The van der Waals surface area contributed by atoms with Gasteiger partial charge >= 0.3 is 6.01 Å². The molecule has 1 aliphatic rings. The number of benzene rings is 1. The van der Waals surface area contributed by atoms with Crippen LogP contribution in [0.2, 0.25) is 0 Å². The van der Waals surface area contributed by atoms with Gasteiger partial charge in [0.15, 0.2) is 0 Å². The molecule has 0 radical (unpaired) electrons. The Labute approximate surface area is 138 Å². The van der Waals surface area contributed by atoms with Gasteiger partial charge in [-0.25, -0.2) is 0 Å². The quantitative estimate of drug-likeness (QED) is 0.866. The van der Waals surface area contributed by atoms with Crippen molar-refractivity contribution in [2.75, 3.05) is 36.5 Å². The van der Waals surface area contributed by atoms with Crippen LogP contribution in [0.5, 0.6) is 0 Å². The van der Waals surface area contributed by atoms with Crippen LogP contribution < -0.4 is 9.80 Å². The fourth-order valence-electron chi connectivity index (χ4n) is 2.99. The predicted molar refractivity (Wildman–Crippen MR) is 93.0 cm³/mol. The summed E-state index contributed by atoms with van der Waals surface area (Å²) in [4.78, 5) is 4.54. The van der Waals surface area contributed by atoms with Gasteiger partial charge in [0.25, 0.3) is 0 Å². The Bertz CT molecular complexity index is 632. The van der Waals surface area contributed by atoms with Crippen molar-refractivity contribution in [3.63, 3.8) is 0 Å². The molecule has 3 rings (SSSR count). The van der Waals surface area contributed by atoms with Crippen molar-refractivity contribution < 1.29 is 4.42 Å². The van der Waals surface area contributed by atoms with Crippen molar-refractivity contribution in [1.82, 2.24) is 10.2 Å². The zero-order valence-corrected chi connectivity index (χ0v) is 14.5. The maximum absolute atomic E-state index is 5.82. The Morgan fingerprint density at radius 2 is 1.96 bits per heavy atom. The van der Waals surface area contributed by atoms with Gasteiger partial charge in [0.2, 0.25) is 5.89 Å². The molecule has 1 aromatic carbocycles. The van der Waals surface area contributed by atoms with E-state index in [2.05, 4.69) is 71.1 Å². The molecule has 0 unspecified atom stereocenters. The Balaban J connectivity index is 1.59. The lowest BCUT2D eigenvalue weighted by atomic mass is 9.97. The predicted octanol–water partition coefficient (Wildman–Crippen LogP) is 3.33. The lowest BCUT2D eigenvalue weighted by Gasteiger charge is -2.21. The number of anilines is 2. The zero-order chi connectivity index (χ0) is 16.4. The maximum atomic E-state index is 5.82. The SMILES string of the molecule is CN(C[C@H]1CCN(c2ccccc2)C1)c1nnc(C(C)(C)C)o1. The van der Waals surface area contributed by atoms with Gasteiger partial charge in [-0.1, -0.05) is 44.1 Å². The molecule has 0 saturated carbocycles. The van der Waals surface area contributed by atoms with Crippen LogP contribution in [0.3, 0.4) is 0 Å². The highest BCUT2D eigenvalue weighted by Gasteiger charge is 2.26. The number of nitrogens with zero attached hydrogens (tertiary/aromatic N) is 4. The standard InChI is InChI=1S/C18H26N4O/c1-18(2,3)16-19-20-17(23-16)21(4)12-14-10-11-22(13-14)15-8-6-5-7-9-15/h5-9,14H,10-13H2,1-4H3/t14-/m1/s1. The highest BCUT2D eigenvalue weighted by Crippen LogP contribution is 2.26. The van der Waals surface area contributed by atoms with Crippen molar-refractivity contribution in [3.8, 4) is 0 Å². The fraction of sp³-hybridized carbons (Fsp3) is 0.556. The van der Waals surface area contributed by atoms with Crippen molar-refractivity contribution in [2.45, 2.75) is 32.6 Å². The molecule has 0 spiro atoms. The molecule has 0 N–H and O–H groups in total. The molecule has 0 aliphatic carbocycles. The van der Waals surface area contributed by atoms with Crippen LogP contribution >= 0.6 is 0 Å². The van der Waals surface area contributed by atoms with Gasteiger partial charge in [-0.2, -0.15) is 0 Å². The van der Waals surface area contributed by atoms with Crippen LogP contribution in [0.1, 0.15) is 33.1 Å². The monoisotopic (exact) mass is 314 g/mol. The molecule has 2 heterocycles. The fourth-order valence-corrected chi connectivity index (χ4v) is 2.99. The summed E-state index contributed by atoms with van der Waals surface area (Å²) in [5, 5.41) is 8.37. The lowest BCUT2D eigenvalue weighted by Crippen LogP contribution is -2.28. The van der Waals surface area contributed by atoms with Crippen molar-refractivity contribution in [1.29, 1.82) is 0 Å². The molecule has 2 aromatic rings. The molecule has 0 bridgehead atoms. The van der Waals surface area contributed by atoms with Crippen LogP contribution in [-0.4, -0.2) is 36.9 Å². The Morgan fingerprint density at radius 3 is 2.61 bits per heavy atom. The molecule has 0 amide bonds. The van der Waals surface area contributed by atoms with Gasteiger partial charge in [-0.05, 0) is 24.5 Å². The van der Waals surface area contributed by atoms with Gasteiger partial charge < -0.3 is 14.2 Å². The number of hydrogen-bond donors (Lipinski definition) is 0. The highest BCUT2D eigenvalue weighted by molar-refractivity contribution is 5.47. The minimum Gasteiger partial charge on any atom is -0.407 e. The second kappa shape index (κ2) is 6.22. The second-order valence-electron chi connectivity index (χ2n) is 7.46. The highest BCUT2D eigenvalue weighted by atomic mass is 16.4.